The number of carbonyl (C=O) groups is 1. The molecule has 5 nitrogen and oxygen atoms in total. The summed E-state index contributed by atoms with van der Waals surface area (Å²) in [5.74, 6) is -2.70. The van der Waals surface area contributed by atoms with E-state index in [0.29, 0.717) is 11.3 Å². The van der Waals surface area contributed by atoms with E-state index in [1.807, 2.05) is 0 Å². The number of nitrogens with one attached hydrogen (secondary N) is 2. The molecular weight excluding hydrogens is 386 g/mol. The Morgan fingerprint density at radius 3 is 2.18 bits per heavy atom. The number of halogens is 2. The first-order valence-corrected chi connectivity index (χ1v) is 9.70. The Hall–Kier alpha value is -3.26. The Morgan fingerprint density at radius 2 is 1.54 bits per heavy atom. The third-order valence-corrected chi connectivity index (χ3v) is 5.49. The highest BCUT2D eigenvalue weighted by Crippen LogP contribution is 2.23. The van der Waals surface area contributed by atoms with Gasteiger partial charge >= 0.3 is 0 Å². The highest BCUT2D eigenvalue weighted by Gasteiger charge is 2.20. The topological polar surface area (TPSA) is 75.3 Å². The van der Waals surface area contributed by atoms with E-state index in [-0.39, 0.29) is 10.5 Å². The van der Waals surface area contributed by atoms with Gasteiger partial charge in [-0.3, -0.25) is 9.52 Å². The molecule has 1 amide bonds. The first kappa shape index (κ1) is 19.5. The highest BCUT2D eigenvalue weighted by molar-refractivity contribution is 7.92. The van der Waals surface area contributed by atoms with Gasteiger partial charge in [-0.2, -0.15) is 0 Å². The van der Waals surface area contributed by atoms with Gasteiger partial charge in [-0.25, -0.2) is 17.2 Å². The van der Waals surface area contributed by atoms with Crippen LogP contribution in [0.1, 0.15) is 15.9 Å². The molecule has 3 aromatic carbocycles. The molecule has 0 radical (unpaired) electrons. The maximum atomic E-state index is 13.7. The van der Waals surface area contributed by atoms with Gasteiger partial charge in [0.1, 0.15) is 17.3 Å². The minimum Gasteiger partial charge on any atom is -0.317 e. The van der Waals surface area contributed by atoms with E-state index in [0.717, 1.165) is 18.2 Å². The van der Waals surface area contributed by atoms with Crippen LogP contribution in [0.15, 0.2) is 71.6 Å². The van der Waals surface area contributed by atoms with Crippen LogP contribution < -0.4 is 10.0 Å². The van der Waals surface area contributed by atoms with E-state index in [2.05, 4.69) is 10.0 Å². The molecule has 0 fully saturated rings. The van der Waals surface area contributed by atoms with Gasteiger partial charge in [-0.1, -0.05) is 30.3 Å². The standard InChI is InChI=1S/C20H16F2N2O3S/c1-13-10-11-14(20(25)23-19-16(21)8-5-9-17(19)22)12-18(13)28(26,27)24-15-6-3-2-4-7-15/h2-12,24H,1H3,(H,23,25). The first-order chi connectivity index (χ1) is 13.3. The first-order valence-electron chi connectivity index (χ1n) is 8.22. The number of amides is 1. The number of hydrogen-bond acceptors (Lipinski definition) is 3. The molecule has 0 heterocycles. The van der Waals surface area contributed by atoms with Crippen LogP contribution in [0.5, 0.6) is 0 Å². The fourth-order valence-electron chi connectivity index (χ4n) is 2.55. The van der Waals surface area contributed by atoms with Gasteiger partial charge in [0.05, 0.1) is 4.90 Å². The van der Waals surface area contributed by atoms with Crippen molar-refractivity contribution in [2.45, 2.75) is 11.8 Å². The van der Waals surface area contributed by atoms with E-state index in [9.17, 15) is 22.0 Å². The molecule has 0 spiro atoms. The maximum absolute atomic E-state index is 13.7. The van der Waals surface area contributed by atoms with Gasteiger partial charge in [-0.05, 0) is 48.9 Å². The zero-order chi connectivity index (χ0) is 20.3. The molecule has 0 atom stereocenters. The fraction of sp³-hybridized carbons (Fsp3) is 0.0500. The van der Waals surface area contributed by atoms with Crippen molar-refractivity contribution in [1.29, 1.82) is 0 Å². The molecule has 3 rings (SSSR count). The fourth-order valence-corrected chi connectivity index (χ4v) is 3.88. The highest BCUT2D eigenvalue weighted by atomic mass is 32.2. The van der Waals surface area contributed by atoms with Crippen LogP contribution in [-0.2, 0) is 10.0 Å². The Bertz CT molecular complexity index is 1110. The Kier molecular flexibility index (Phi) is 5.41. The summed E-state index contributed by atoms with van der Waals surface area (Å²) < 4.78 is 55.3. The van der Waals surface area contributed by atoms with Crippen molar-refractivity contribution in [3.63, 3.8) is 0 Å². The summed E-state index contributed by atoms with van der Waals surface area (Å²) in [6.07, 6.45) is 0. The number of para-hydroxylation sites is 2. The van der Waals surface area contributed by atoms with E-state index in [1.54, 1.807) is 37.3 Å². The van der Waals surface area contributed by atoms with Crippen molar-refractivity contribution in [2.24, 2.45) is 0 Å². The summed E-state index contributed by atoms with van der Waals surface area (Å²) in [6, 6.07) is 15.5. The van der Waals surface area contributed by atoms with Crippen LogP contribution in [0.3, 0.4) is 0 Å². The number of hydrogen-bond donors (Lipinski definition) is 2. The molecule has 0 unspecified atom stereocenters. The summed E-state index contributed by atoms with van der Waals surface area (Å²) in [7, 11) is -3.97. The molecule has 0 aliphatic heterocycles. The summed E-state index contributed by atoms with van der Waals surface area (Å²) in [5, 5.41) is 2.14. The average Bonchev–Trinajstić information content (AvgIpc) is 2.65. The monoisotopic (exact) mass is 402 g/mol. The lowest BCUT2D eigenvalue weighted by atomic mass is 10.1. The lowest BCUT2D eigenvalue weighted by molar-refractivity contribution is 0.102. The van der Waals surface area contributed by atoms with E-state index in [4.69, 9.17) is 0 Å². The van der Waals surface area contributed by atoms with Crippen LogP contribution >= 0.6 is 0 Å². The molecule has 3 aromatic rings. The third kappa shape index (κ3) is 4.17. The number of rotatable bonds is 5. The van der Waals surface area contributed by atoms with Gasteiger partial charge in [0, 0.05) is 11.3 Å². The summed E-state index contributed by atoms with van der Waals surface area (Å²) in [5.41, 5.74) is 0.129. The van der Waals surface area contributed by atoms with Crippen LogP contribution in [0, 0.1) is 18.6 Å². The van der Waals surface area contributed by atoms with Crippen molar-refractivity contribution in [2.75, 3.05) is 10.0 Å². The predicted molar refractivity (Wildman–Crippen MR) is 103 cm³/mol. The lowest BCUT2D eigenvalue weighted by Gasteiger charge is -2.12. The zero-order valence-corrected chi connectivity index (χ0v) is 15.6. The van der Waals surface area contributed by atoms with Gasteiger partial charge in [0.2, 0.25) is 0 Å². The third-order valence-electron chi connectivity index (χ3n) is 3.97. The Labute approximate surface area is 161 Å². The van der Waals surface area contributed by atoms with Crippen molar-refractivity contribution >= 4 is 27.3 Å². The molecule has 0 bridgehead atoms. The molecule has 0 aliphatic carbocycles. The normalized spacial score (nSPS) is 11.1. The second-order valence-corrected chi connectivity index (χ2v) is 7.65. The van der Waals surface area contributed by atoms with Gasteiger partial charge < -0.3 is 5.32 Å². The number of carbonyl (C=O) groups excluding carboxylic acids is 1. The summed E-state index contributed by atoms with van der Waals surface area (Å²) >= 11 is 0. The van der Waals surface area contributed by atoms with E-state index in [1.165, 1.54) is 18.2 Å². The number of aryl methyl sites for hydroxylation is 1. The number of sulfonamides is 1. The van der Waals surface area contributed by atoms with Crippen molar-refractivity contribution < 1.29 is 22.0 Å². The maximum Gasteiger partial charge on any atom is 0.262 e. The largest absolute Gasteiger partial charge is 0.317 e. The van der Waals surface area contributed by atoms with Crippen LogP contribution in [0.2, 0.25) is 0 Å². The van der Waals surface area contributed by atoms with Gasteiger partial charge in [0.25, 0.3) is 15.9 Å². The molecule has 0 saturated carbocycles. The number of benzene rings is 3. The SMILES string of the molecule is Cc1ccc(C(=O)Nc2c(F)cccc2F)cc1S(=O)(=O)Nc1ccccc1. The lowest BCUT2D eigenvalue weighted by Crippen LogP contribution is -2.18. The van der Waals surface area contributed by atoms with Crippen molar-refractivity contribution in [3.8, 4) is 0 Å². The van der Waals surface area contributed by atoms with E-state index < -0.39 is 33.3 Å². The Morgan fingerprint density at radius 1 is 0.893 bits per heavy atom. The van der Waals surface area contributed by atoms with Crippen LogP contribution in [0.25, 0.3) is 0 Å². The molecule has 144 valence electrons. The number of anilines is 2. The minimum absolute atomic E-state index is 0.0540. The summed E-state index contributed by atoms with van der Waals surface area (Å²) in [6.45, 7) is 1.58. The molecular formula is C20H16F2N2O3S. The molecule has 28 heavy (non-hydrogen) atoms. The smallest absolute Gasteiger partial charge is 0.262 e. The molecule has 0 aromatic heterocycles. The molecule has 0 saturated heterocycles. The van der Waals surface area contributed by atoms with Gasteiger partial charge in [-0.15, -0.1) is 0 Å². The minimum atomic E-state index is -3.97. The van der Waals surface area contributed by atoms with Crippen molar-refractivity contribution in [3.05, 3.63) is 89.5 Å². The average molecular weight is 402 g/mol. The second kappa shape index (κ2) is 7.77. The molecule has 2 N–H and O–H groups in total. The predicted octanol–water partition coefficient (Wildman–Crippen LogP) is 4.33. The van der Waals surface area contributed by atoms with E-state index >= 15 is 0 Å². The second-order valence-electron chi connectivity index (χ2n) is 6.00. The van der Waals surface area contributed by atoms with Crippen LogP contribution in [0.4, 0.5) is 20.2 Å². The molecule has 8 heteroatoms. The van der Waals surface area contributed by atoms with Crippen molar-refractivity contribution in [1.82, 2.24) is 0 Å². The summed E-state index contributed by atoms with van der Waals surface area (Å²) in [4.78, 5) is 12.3. The molecule has 0 aliphatic rings. The Balaban J connectivity index is 1.92. The van der Waals surface area contributed by atoms with Gasteiger partial charge in [0.15, 0.2) is 0 Å². The zero-order valence-electron chi connectivity index (χ0n) is 14.7. The quantitative estimate of drug-likeness (QED) is 0.667. The van der Waals surface area contributed by atoms with Crippen LogP contribution in [-0.4, -0.2) is 14.3 Å².